The molecular weight excluding hydrogens is 342 g/mol. The Hall–Kier alpha value is -3.07. The van der Waals surface area contributed by atoms with Crippen molar-refractivity contribution in [3.05, 3.63) is 62.0 Å². The topological polar surface area (TPSA) is 103 Å². The molecule has 2 heterocycles. The molecule has 25 heavy (non-hydrogen) atoms. The summed E-state index contributed by atoms with van der Waals surface area (Å²) in [6, 6.07) is 7.74. The molecule has 0 unspecified atom stereocenters. The van der Waals surface area contributed by atoms with Gasteiger partial charge in [-0.2, -0.15) is 0 Å². The maximum atomic E-state index is 12.0. The first-order valence-corrected chi connectivity index (χ1v) is 8.36. The molecule has 0 aliphatic rings. The van der Waals surface area contributed by atoms with Gasteiger partial charge >= 0.3 is 4.87 Å². The summed E-state index contributed by atoms with van der Waals surface area (Å²) in [6.07, 6.45) is 1.61. The van der Waals surface area contributed by atoms with Gasteiger partial charge in [-0.3, -0.25) is 14.9 Å². The molecule has 3 rings (SSSR count). The van der Waals surface area contributed by atoms with Gasteiger partial charge in [-0.05, 0) is 32.0 Å². The molecule has 0 spiro atoms. The van der Waals surface area contributed by atoms with Crippen molar-refractivity contribution in [2.75, 3.05) is 5.32 Å². The average molecular weight is 357 g/mol. The molecule has 0 amide bonds. The Bertz CT molecular complexity index is 978. The zero-order valence-electron chi connectivity index (χ0n) is 13.6. The first-order valence-electron chi connectivity index (χ1n) is 7.54. The Kier molecular flexibility index (Phi) is 4.57. The van der Waals surface area contributed by atoms with Gasteiger partial charge in [0.2, 0.25) is 5.95 Å². The second-order valence-corrected chi connectivity index (χ2v) is 6.18. The van der Waals surface area contributed by atoms with Crippen LogP contribution >= 0.6 is 11.3 Å². The van der Waals surface area contributed by atoms with Crippen molar-refractivity contribution in [2.45, 2.75) is 20.4 Å². The molecule has 0 fully saturated rings. The number of non-ortho nitro benzene ring substituents is 1. The SMILES string of the molecule is CCn1c(C)c(-c2ccnc(Nc3ccc([N+](=O)[O-])cc3)n2)sc1=O. The van der Waals surface area contributed by atoms with Gasteiger partial charge in [0.15, 0.2) is 0 Å². The van der Waals surface area contributed by atoms with E-state index in [1.54, 1.807) is 29.0 Å². The first-order chi connectivity index (χ1) is 12.0. The summed E-state index contributed by atoms with van der Waals surface area (Å²) in [5.74, 6) is 0.356. The fraction of sp³-hybridized carbons (Fsp3) is 0.188. The molecule has 0 bridgehead atoms. The zero-order chi connectivity index (χ0) is 18.0. The maximum absolute atomic E-state index is 12.0. The number of nitro benzene ring substituents is 1. The standard InChI is InChI=1S/C16H15N5O3S/c1-3-20-10(2)14(25-16(20)22)13-8-9-17-15(19-13)18-11-4-6-12(7-5-11)21(23)24/h4-9H,3H2,1-2H3,(H,17,18,19). The fourth-order valence-electron chi connectivity index (χ4n) is 2.42. The summed E-state index contributed by atoms with van der Waals surface area (Å²) < 4.78 is 1.70. The largest absolute Gasteiger partial charge is 0.324 e. The van der Waals surface area contributed by atoms with Crippen molar-refractivity contribution in [1.29, 1.82) is 0 Å². The lowest BCUT2D eigenvalue weighted by Gasteiger charge is -2.06. The Balaban J connectivity index is 1.89. The molecule has 0 radical (unpaired) electrons. The summed E-state index contributed by atoms with van der Waals surface area (Å²) in [6.45, 7) is 4.43. The third kappa shape index (κ3) is 3.41. The van der Waals surface area contributed by atoms with E-state index in [0.29, 0.717) is 23.9 Å². The number of benzene rings is 1. The monoisotopic (exact) mass is 357 g/mol. The van der Waals surface area contributed by atoms with E-state index in [9.17, 15) is 14.9 Å². The fourth-order valence-corrected chi connectivity index (χ4v) is 3.45. The van der Waals surface area contributed by atoms with Crippen LogP contribution in [-0.4, -0.2) is 19.5 Å². The number of hydrogen-bond acceptors (Lipinski definition) is 7. The van der Waals surface area contributed by atoms with Crippen LogP contribution in [0.5, 0.6) is 0 Å². The van der Waals surface area contributed by atoms with E-state index < -0.39 is 4.92 Å². The van der Waals surface area contributed by atoms with Gasteiger partial charge in [0.1, 0.15) is 0 Å². The molecule has 128 valence electrons. The highest BCUT2D eigenvalue weighted by Gasteiger charge is 2.13. The summed E-state index contributed by atoms with van der Waals surface area (Å²) in [4.78, 5) is 31.6. The van der Waals surface area contributed by atoms with Crippen molar-refractivity contribution in [2.24, 2.45) is 0 Å². The molecule has 1 aromatic carbocycles. The van der Waals surface area contributed by atoms with E-state index in [2.05, 4.69) is 15.3 Å². The van der Waals surface area contributed by atoms with Crippen molar-refractivity contribution in [3.8, 4) is 10.6 Å². The van der Waals surface area contributed by atoms with Gasteiger partial charge in [-0.25, -0.2) is 9.97 Å². The van der Waals surface area contributed by atoms with Gasteiger partial charge in [-0.1, -0.05) is 11.3 Å². The van der Waals surface area contributed by atoms with Gasteiger partial charge in [0.25, 0.3) is 5.69 Å². The molecule has 0 saturated carbocycles. The first kappa shape index (κ1) is 16.8. The number of nitrogens with one attached hydrogen (secondary N) is 1. The molecule has 0 atom stereocenters. The minimum Gasteiger partial charge on any atom is -0.324 e. The van der Waals surface area contributed by atoms with Crippen LogP contribution in [0.15, 0.2) is 41.3 Å². The van der Waals surface area contributed by atoms with E-state index in [1.165, 1.54) is 12.1 Å². The number of aromatic nitrogens is 3. The molecule has 8 nitrogen and oxygen atoms in total. The van der Waals surface area contributed by atoms with Crippen molar-refractivity contribution < 1.29 is 4.92 Å². The van der Waals surface area contributed by atoms with Crippen LogP contribution in [0.2, 0.25) is 0 Å². The summed E-state index contributed by atoms with van der Waals surface area (Å²) in [5.41, 5.74) is 2.18. The average Bonchev–Trinajstić information content (AvgIpc) is 2.89. The van der Waals surface area contributed by atoms with Crippen molar-refractivity contribution >= 4 is 28.7 Å². The van der Waals surface area contributed by atoms with Crippen LogP contribution in [0.1, 0.15) is 12.6 Å². The molecule has 0 aliphatic carbocycles. The minimum absolute atomic E-state index is 0.0153. The van der Waals surface area contributed by atoms with Crippen LogP contribution in [0, 0.1) is 17.0 Å². The van der Waals surface area contributed by atoms with Crippen LogP contribution in [0.3, 0.4) is 0 Å². The van der Waals surface area contributed by atoms with Gasteiger partial charge in [0, 0.05) is 36.3 Å². The third-order valence-corrected chi connectivity index (χ3v) is 4.79. The van der Waals surface area contributed by atoms with E-state index in [-0.39, 0.29) is 10.6 Å². The lowest BCUT2D eigenvalue weighted by Crippen LogP contribution is -2.12. The third-order valence-electron chi connectivity index (χ3n) is 3.68. The minimum atomic E-state index is -0.454. The Morgan fingerprint density at radius 3 is 2.60 bits per heavy atom. The van der Waals surface area contributed by atoms with Gasteiger partial charge in [-0.15, -0.1) is 0 Å². The Labute approximate surface area is 147 Å². The molecular formula is C16H15N5O3S. The zero-order valence-corrected chi connectivity index (χ0v) is 14.4. The molecule has 3 aromatic rings. The number of nitrogens with zero attached hydrogens (tertiary/aromatic N) is 4. The Morgan fingerprint density at radius 1 is 1.28 bits per heavy atom. The lowest BCUT2D eigenvalue weighted by atomic mass is 10.3. The van der Waals surface area contributed by atoms with Crippen LogP contribution in [0.4, 0.5) is 17.3 Å². The second-order valence-electron chi connectivity index (χ2n) is 5.22. The normalized spacial score (nSPS) is 10.6. The van der Waals surface area contributed by atoms with Crippen molar-refractivity contribution in [3.63, 3.8) is 0 Å². The number of thiazole rings is 1. The smallest absolute Gasteiger partial charge is 0.307 e. The molecule has 1 N–H and O–H groups in total. The van der Waals surface area contributed by atoms with E-state index in [0.717, 1.165) is 21.9 Å². The van der Waals surface area contributed by atoms with Crippen LogP contribution in [-0.2, 0) is 6.54 Å². The summed E-state index contributed by atoms with van der Waals surface area (Å²) >= 11 is 1.15. The number of rotatable bonds is 5. The van der Waals surface area contributed by atoms with E-state index in [4.69, 9.17) is 0 Å². The predicted octanol–water partition coefficient (Wildman–Crippen LogP) is 3.35. The van der Waals surface area contributed by atoms with Crippen LogP contribution in [0.25, 0.3) is 10.6 Å². The number of anilines is 2. The van der Waals surface area contributed by atoms with Crippen LogP contribution < -0.4 is 10.2 Å². The highest BCUT2D eigenvalue weighted by molar-refractivity contribution is 7.13. The molecule has 0 saturated heterocycles. The van der Waals surface area contributed by atoms with Crippen molar-refractivity contribution in [1.82, 2.24) is 14.5 Å². The van der Waals surface area contributed by atoms with E-state index in [1.807, 2.05) is 13.8 Å². The highest BCUT2D eigenvalue weighted by atomic mass is 32.1. The highest BCUT2D eigenvalue weighted by Crippen LogP contribution is 2.26. The summed E-state index contributed by atoms with van der Waals surface area (Å²) in [7, 11) is 0. The van der Waals surface area contributed by atoms with Gasteiger partial charge < -0.3 is 9.88 Å². The second kappa shape index (κ2) is 6.81. The summed E-state index contributed by atoms with van der Waals surface area (Å²) in [5, 5.41) is 13.7. The van der Waals surface area contributed by atoms with E-state index >= 15 is 0 Å². The number of nitro groups is 1. The maximum Gasteiger partial charge on any atom is 0.307 e. The van der Waals surface area contributed by atoms with Gasteiger partial charge in [0.05, 0.1) is 15.5 Å². The molecule has 9 heteroatoms. The molecule has 2 aromatic heterocycles. The predicted molar refractivity (Wildman–Crippen MR) is 96.4 cm³/mol. The quantitative estimate of drug-likeness (QED) is 0.555. The Morgan fingerprint density at radius 2 is 2.00 bits per heavy atom. The lowest BCUT2D eigenvalue weighted by molar-refractivity contribution is -0.384. The molecule has 0 aliphatic heterocycles. The number of hydrogen-bond donors (Lipinski definition) is 1.